The van der Waals surface area contributed by atoms with Crippen LogP contribution in [0.15, 0.2) is 22.9 Å². The molecular weight excluding hydrogens is 357 g/mol. The Bertz CT molecular complexity index is 959. The van der Waals surface area contributed by atoms with Crippen molar-refractivity contribution in [1.82, 2.24) is 14.3 Å². The maximum Gasteiger partial charge on any atom is 1.00 e. The Balaban J connectivity index is 0.00000146. The third-order valence-electron chi connectivity index (χ3n) is 4.38. The van der Waals surface area contributed by atoms with E-state index >= 15 is 0 Å². The molecule has 2 aliphatic heterocycles. The average molecular weight is 367 g/mol. The summed E-state index contributed by atoms with van der Waals surface area (Å²) in [6.45, 7) is 0. The van der Waals surface area contributed by atoms with E-state index in [1.807, 2.05) is 6.20 Å². The number of hydrogen-bond acceptors (Lipinski definition) is 6. The van der Waals surface area contributed by atoms with E-state index in [1.165, 1.54) is 39.1 Å². The molecule has 2 aromatic rings. The summed E-state index contributed by atoms with van der Waals surface area (Å²) in [6, 6.07) is 0. The molecule has 1 saturated heterocycles. The number of carbonyl (C=O) groups is 2. The van der Waals surface area contributed by atoms with E-state index in [2.05, 4.69) is 9.38 Å². The smallest absolute Gasteiger partial charge is 0.543 e. The number of carboxylic acid groups (broad SMARTS) is 1. The van der Waals surface area contributed by atoms with Crippen molar-refractivity contribution in [2.75, 3.05) is 0 Å². The monoisotopic (exact) mass is 367 g/mol. The molecule has 2 aromatic heterocycles. The summed E-state index contributed by atoms with van der Waals surface area (Å²) in [5.41, 5.74) is 2.62. The first kappa shape index (κ1) is 16.4. The van der Waals surface area contributed by atoms with Gasteiger partial charge in [0, 0.05) is 16.8 Å². The second kappa shape index (κ2) is 5.74. The molecule has 0 N–H and O–H groups in total. The normalized spacial score (nSPS) is 23.1. The number of rotatable bonds is 2. The second-order valence-electron chi connectivity index (χ2n) is 5.70. The first-order valence-electron chi connectivity index (χ1n) is 7.25. The number of aryl methyl sites for hydroxylation is 2. The molecule has 3 aliphatic rings. The molecule has 0 aromatic carbocycles. The van der Waals surface area contributed by atoms with Gasteiger partial charge in [0.1, 0.15) is 5.37 Å². The van der Waals surface area contributed by atoms with Gasteiger partial charge in [0.05, 0.1) is 22.9 Å². The van der Waals surface area contributed by atoms with Crippen molar-refractivity contribution < 1.29 is 44.3 Å². The van der Waals surface area contributed by atoms with Crippen molar-refractivity contribution in [1.29, 1.82) is 0 Å². The van der Waals surface area contributed by atoms with Gasteiger partial charge in [0.15, 0.2) is 4.96 Å². The molecule has 6 nitrogen and oxygen atoms in total. The zero-order valence-corrected chi connectivity index (χ0v) is 16.4. The van der Waals surface area contributed by atoms with Crippen molar-refractivity contribution in [3.05, 3.63) is 39.1 Å². The number of fused-ring (bicyclic) bond motifs is 4. The van der Waals surface area contributed by atoms with E-state index in [0.29, 0.717) is 5.57 Å². The van der Waals surface area contributed by atoms with Crippen LogP contribution < -0.4 is 34.7 Å². The zero-order valence-electron chi connectivity index (χ0n) is 12.8. The Labute approximate surface area is 167 Å². The van der Waals surface area contributed by atoms with Gasteiger partial charge in [0.2, 0.25) is 0 Å². The topological polar surface area (TPSA) is 77.7 Å². The molecule has 1 atom stereocenters. The van der Waals surface area contributed by atoms with Gasteiger partial charge in [0.25, 0.3) is 5.91 Å². The van der Waals surface area contributed by atoms with E-state index in [4.69, 9.17) is 0 Å². The number of β-lactam (4-membered cyclic amide) rings is 1. The van der Waals surface area contributed by atoms with Crippen molar-refractivity contribution in [3.8, 4) is 0 Å². The number of aliphatic carboxylic acids is 1. The number of amides is 1. The standard InChI is InChI=1S/C15H11N3O3S2.Na/c19-12-8(13-18(12)10(6-22-13)14(20)21)4-7-5-17-9-2-1-3-11(9)23-15(17)16-7;/h4-6,13H,1-3H2,(H,20,21);/q;+1/p-1/b8-4-;/t13-;/m1./s1. The van der Waals surface area contributed by atoms with Gasteiger partial charge in [-0.25, -0.2) is 4.98 Å². The molecule has 24 heavy (non-hydrogen) atoms. The molecule has 0 bridgehead atoms. The molecule has 1 aliphatic carbocycles. The Morgan fingerprint density at radius 1 is 1.42 bits per heavy atom. The Morgan fingerprint density at radius 3 is 3.04 bits per heavy atom. The molecule has 9 heteroatoms. The first-order valence-corrected chi connectivity index (χ1v) is 9.01. The van der Waals surface area contributed by atoms with E-state index in [1.54, 1.807) is 17.4 Å². The molecule has 0 spiro atoms. The minimum Gasteiger partial charge on any atom is -0.543 e. The number of nitrogens with zero attached hydrogens (tertiary/aromatic N) is 3. The largest absolute Gasteiger partial charge is 1.00 e. The van der Waals surface area contributed by atoms with Crippen LogP contribution in [0.4, 0.5) is 0 Å². The number of imidazole rings is 1. The molecule has 0 radical (unpaired) electrons. The molecule has 5 rings (SSSR count). The summed E-state index contributed by atoms with van der Waals surface area (Å²) in [5, 5.41) is 12.2. The number of hydrogen-bond donors (Lipinski definition) is 0. The van der Waals surface area contributed by atoms with Crippen LogP contribution >= 0.6 is 23.1 Å². The Hall–Kier alpha value is -1.06. The maximum atomic E-state index is 12.2. The number of carboxylic acids is 1. The van der Waals surface area contributed by atoms with Gasteiger partial charge in [-0.1, -0.05) is 0 Å². The first-order chi connectivity index (χ1) is 11.1. The summed E-state index contributed by atoms with van der Waals surface area (Å²) in [5.74, 6) is -1.59. The third-order valence-corrected chi connectivity index (χ3v) is 6.62. The van der Waals surface area contributed by atoms with E-state index in [9.17, 15) is 14.7 Å². The van der Waals surface area contributed by atoms with Crippen molar-refractivity contribution >= 4 is 46.0 Å². The predicted octanol–water partition coefficient (Wildman–Crippen LogP) is -2.22. The van der Waals surface area contributed by atoms with E-state index < -0.39 is 5.97 Å². The Kier molecular flexibility index (Phi) is 3.92. The van der Waals surface area contributed by atoms with Crippen LogP contribution in [0.3, 0.4) is 0 Å². The minimum absolute atomic E-state index is 0. The molecule has 4 heterocycles. The van der Waals surface area contributed by atoms with Crippen LogP contribution in [0.25, 0.3) is 11.0 Å². The van der Waals surface area contributed by atoms with Gasteiger partial charge in [-0.05, 0) is 30.7 Å². The van der Waals surface area contributed by atoms with Crippen molar-refractivity contribution in [2.45, 2.75) is 24.6 Å². The summed E-state index contributed by atoms with van der Waals surface area (Å²) in [6.07, 6.45) is 7.13. The quantitative estimate of drug-likeness (QED) is 0.341. The number of thiazole rings is 1. The van der Waals surface area contributed by atoms with Crippen molar-refractivity contribution in [2.24, 2.45) is 0 Å². The maximum absolute atomic E-state index is 12.2. The van der Waals surface area contributed by atoms with Crippen LogP contribution in [0, 0.1) is 0 Å². The van der Waals surface area contributed by atoms with Gasteiger partial charge < -0.3 is 9.90 Å². The molecular formula is C15H10N3NaO3S2. The van der Waals surface area contributed by atoms with Gasteiger partial charge in [-0.15, -0.1) is 23.1 Å². The van der Waals surface area contributed by atoms with Crippen LogP contribution in [0.5, 0.6) is 0 Å². The van der Waals surface area contributed by atoms with Gasteiger partial charge in [-0.2, -0.15) is 0 Å². The summed E-state index contributed by atoms with van der Waals surface area (Å²) < 4.78 is 2.12. The summed E-state index contributed by atoms with van der Waals surface area (Å²) in [4.78, 5) is 31.4. The third kappa shape index (κ3) is 2.17. The number of thioether (sulfide) groups is 1. The fraction of sp³-hybridized carbons (Fsp3) is 0.267. The summed E-state index contributed by atoms with van der Waals surface area (Å²) >= 11 is 3.02. The fourth-order valence-corrected chi connectivity index (χ4v) is 5.62. The molecule has 0 unspecified atom stereocenters. The van der Waals surface area contributed by atoms with Crippen molar-refractivity contribution in [3.63, 3.8) is 0 Å². The molecule has 1 fully saturated rings. The average Bonchev–Trinajstić information content (AvgIpc) is 3.23. The molecule has 1 amide bonds. The number of carbonyl (C=O) groups excluding carboxylic acids is 2. The van der Waals surface area contributed by atoms with Gasteiger partial charge >= 0.3 is 29.6 Å². The van der Waals surface area contributed by atoms with Crippen LogP contribution in [0.1, 0.15) is 22.7 Å². The van der Waals surface area contributed by atoms with Crippen LogP contribution in [-0.4, -0.2) is 31.5 Å². The summed E-state index contributed by atoms with van der Waals surface area (Å²) in [7, 11) is 0. The zero-order chi connectivity index (χ0) is 15.7. The molecule has 0 saturated carbocycles. The second-order valence-corrected chi connectivity index (χ2v) is 7.71. The SMILES string of the molecule is O=C([O-])C1=CS[C@@H]2/C(=C\c3cn4c5c(sc4n3)CCC5)C(=O)N12.[Na+]. The fourth-order valence-electron chi connectivity index (χ4n) is 3.31. The molecule has 116 valence electrons. The predicted molar refractivity (Wildman–Crippen MR) is 84.4 cm³/mol. The van der Waals surface area contributed by atoms with E-state index in [0.717, 1.165) is 23.5 Å². The van der Waals surface area contributed by atoms with Crippen LogP contribution in [0.2, 0.25) is 0 Å². The minimum atomic E-state index is -1.31. The number of aromatic nitrogens is 2. The van der Waals surface area contributed by atoms with Crippen LogP contribution in [-0.2, 0) is 22.4 Å². The van der Waals surface area contributed by atoms with Gasteiger partial charge in [-0.3, -0.25) is 14.1 Å². The Morgan fingerprint density at radius 2 is 2.25 bits per heavy atom. The van der Waals surface area contributed by atoms with E-state index in [-0.39, 0.29) is 46.5 Å².